The molecule has 2 aromatic carbocycles. The number of amides is 2. The van der Waals surface area contributed by atoms with Gasteiger partial charge in [0, 0.05) is 56.2 Å². The van der Waals surface area contributed by atoms with Gasteiger partial charge >= 0.3 is 0 Å². The fraction of sp³-hybridized carbons (Fsp3) is 0.440. The predicted molar refractivity (Wildman–Crippen MR) is 126 cm³/mol. The van der Waals surface area contributed by atoms with Crippen LogP contribution in [0.5, 0.6) is 0 Å². The molecule has 0 spiro atoms. The first kappa shape index (κ1) is 21.4. The Morgan fingerprint density at radius 1 is 1.03 bits per heavy atom. The van der Waals surface area contributed by atoms with Crippen LogP contribution in [0.15, 0.2) is 42.5 Å². The van der Waals surface area contributed by atoms with Crippen LogP contribution in [0.1, 0.15) is 24.5 Å². The molecule has 6 heteroatoms. The number of likely N-dealkylation sites (N-methyl/N-ethyl adjacent to an activating group) is 1. The van der Waals surface area contributed by atoms with Crippen LogP contribution in [0.25, 0.3) is 0 Å². The third-order valence-corrected chi connectivity index (χ3v) is 6.49. The first-order valence-electron chi connectivity index (χ1n) is 11.2. The fourth-order valence-corrected chi connectivity index (χ4v) is 4.33. The molecule has 2 fully saturated rings. The van der Waals surface area contributed by atoms with Crippen LogP contribution >= 0.6 is 0 Å². The van der Waals surface area contributed by atoms with Gasteiger partial charge in [-0.2, -0.15) is 0 Å². The highest BCUT2D eigenvalue weighted by Gasteiger charge is 2.35. The molecule has 0 radical (unpaired) electrons. The molecule has 2 heterocycles. The molecule has 1 atom stereocenters. The van der Waals surface area contributed by atoms with Crippen molar-refractivity contribution in [2.75, 3.05) is 54.9 Å². The van der Waals surface area contributed by atoms with Crippen molar-refractivity contribution in [3.05, 3.63) is 53.6 Å². The normalized spacial score (nSPS) is 19.7. The van der Waals surface area contributed by atoms with Crippen molar-refractivity contribution in [1.29, 1.82) is 0 Å². The zero-order valence-corrected chi connectivity index (χ0v) is 18.7. The predicted octanol–water partition coefficient (Wildman–Crippen LogP) is 3.30. The Morgan fingerprint density at radius 3 is 2.35 bits per heavy atom. The van der Waals surface area contributed by atoms with E-state index in [1.807, 2.05) is 37.3 Å². The van der Waals surface area contributed by atoms with Gasteiger partial charge in [0.1, 0.15) is 0 Å². The Hall–Kier alpha value is -2.86. The van der Waals surface area contributed by atoms with Crippen LogP contribution in [0.2, 0.25) is 0 Å². The van der Waals surface area contributed by atoms with E-state index < -0.39 is 0 Å². The maximum absolute atomic E-state index is 12.9. The molecule has 0 aromatic heterocycles. The smallest absolute Gasteiger partial charge is 0.229 e. The lowest BCUT2D eigenvalue weighted by Crippen LogP contribution is -2.44. The van der Waals surface area contributed by atoms with Gasteiger partial charge in [-0.05, 0) is 61.9 Å². The van der Waals surface area contributed by atoms with Crippen molar-refractivity contribution in [2.45, 2.75) is 26.7 Å². The van der Waals surface area contributed by atoms with E-state index in [0.29, 0.717) is 6.54 Å². The summed E-state index contributed by atoms with van der Waals surface area (Å²) in [4.78, 5) is 31.9. The Morgan fingerprint density at radius 2 is 1.71 bits per heavy atom. The van der Waals surface area contributed by atoms with Gasteiger partial charge in [0.15, 0.2) is 0 Å². The standard InChI is InChI=1S/C25H32N4O2/c1-4-19-5-7-21(8-6-19)29-17-20(16-24(29)30)25(31)26-23-10-9-22(15-18(23)2)28-13-11-27(3)12-14-28/h5-10,15,20H,4,11-14,16-17H2,1-3H3,(H,26,31)/t20-/m1/s1. The molecule has 2 aliphatic heterocycles. The minimum absolute atomic E-state index is 0.00605. The molecular weight excluding hydrogens is 388 g/mol. The van der Waals surface area contributed by atoms with Crippen molar-refractivity contribution in [1.82, 2.24) is 4.90 Å². The van der Waals surface area contributed by atoms with Gasteiger partial charge in [0.2, 0.25) is 11.8 Å². The summed E-state index contributed by atoms with van der Waals surface area (Å²) in [6.07, 6.45) is 1.21. The number of carbonyl (C=O) groups is 2. The third-order valence-electron chi connectivity index (χ3n) is 6.49. The zero-order valence-electron chi connectivity index (χ0n) is 18.7. The summed E-state index contributed by atoms with van der Waals surface area (Å²) >= 11 is 0. The van der Waals surface area contributed by atoms with Gasteiger partial charge in [0.05, 0.1) is 5.92 Å². The van der Waals surface area contributed by atoms with E-state index in [1.54, 1.807) is 4.90 Å². The Bertz CT molecular complexity index is 948. The monoisotopic (exact) mass is 420 g/mol. The van der Waals surface area contributed by atoms with Crippen LogP contribution in [0, 0.1) is 12.8 Å². The highest BCUT2D eigenvalue weighted by Crippen LogP contribution is 2.28. The summed E-state index contributed by atoms with van der Waals surface area (Å²) in [5.74, 6) is -0.418. The van der Waals surface area contributed by atoms with Crippen LogP contribution in [-0.2, 0) is 16.0 Å². The van der Waals surface area contributed by atoms with E-state index in [4.69, 9.17) is 0 Å². The maximum atomic E-state index is 12.9. The average Bonchev–Trinajstić information content (AvgIpc) is 3.17. The molecule has 164 valence electrons. The molecular formula is C25H32N4O2. The number of carbonyl (C=O) groups excluding carboxylic acids is 2. The average molecular weight is 421 g/mol. The van der Waals surface area contributed by atoms with Gasteiger partial charge in [0.25, 0.3) is 0 Å². The number of hydrogen-bond donors (Lipinski definition) is 1. The maximum Gasteiger partial charge on any atom is 0.229 e. The second-order valence-electron chi connectivity index (χ2n) is 8.70. The lowest BCUT2D eigenvalue weighted by molar-refractivity contribution is -0.122. The molecule has 0 unspecified atom stereocenters. The summed E-state index contributed by atoms with van der Waals surface area (Å²) in [5.41, 5.74) is 5.16. The van der Waals surface area contributed by atoms with Gasteiger partial charge < -0.3 is 20.0 Å². The van der Waals surface area contributed by atoms with E-state index in [9.17, 15) is 9.59 Å². The third kappa shape index (κ3) is 4.74. The van der Waals surface area contributed by atoms with Gasteiger partial charge in [-0.3, -0.25) is 9.59 Å². The first-order valence-corrected chi connectivity index (χ1v) is 11.2. The molecule has 6 nitrogen and oxygen atoms in total. The van der Waals surface area contributed by atoms with E-state index in [2.05, 4.69) is 41.2 Å². The van der Waals surface area contributed by atoms with Gasteiger partial charge in [-0.15, -0.1) is 0 Å². The number of rotatable bonds is 5. The molecule has 2 amide bonds. The summed E-state index contributed by atoms with van der Waals surface area (Å²) in [5, 5.41) is 3.06. The number of benzene rings is 2. The molecule has 2 saturated heterocycles. The summed E-state index contributed by atoms with van der Waals surface area (Å²) in [7, 11) is 2.15. The quantitative estimate of drug-likeness (QED) is 0.806. The highest BCUT2D eigenvalue weighted by molar-refractivity contribution is 6.03. The number of anilines is 3. The number of nitrogens with one attached hydrogen (secondary N) is 1. The Kier molecular flexibility index (Phi) is 6.28. The molecule has 1 N–H and O–H groups in total. The van der Waals surface area contributed by atoms with E-state index >= 15 is 0 Å². The second kappa shape index (κ2) is 9.10. The number of hydrogen-bond acceptors (Lipinski definition) is 4. The van der Waals surface area contributed by atoms with Crippen LogP contribution in [0.3, 0.4) is 0 Å². The van der Waals surface area contributed by atoms with E-state index in [-0.39, 0.29) is 24.2 Å². The molecule has 0 aliphatic carbocycles. The number of piperazine rings is 1. The number of aryl methyl sites for hydroxylation is 2. The summed E-state index contributed by atoms with van der Waals surface area (Å²) in [6, 6.07) is 14.2. The Balaban J connectivity index is 1.39. The minimum atomic E-state index is -0.338. The van der Waals surface area contributed by atoms with Crippen molar-refractivity contribution in [2.24, 2.45) is 5.92 Å². The highest BCUT2D eigenvalue weighted by atomic mass is 16.2. The second-order valence-corrected chi connectivity index (χ2v) is 8.70. The first-order chi connectivity index (χ1) is 14.9. The van der Waals surface area contributed by atoms with Crippen molar-refractivity contribution < 1.29 is 9.59 Å². The largest absolute Gasteiger partial charge is 0.369 e. The fourth-order valence-electron chi connectivity index (χ4n) is 4.33. The van der Waals surface area contributed by atoms with Crippen molar-refractivity contribution in [3.63, 3.8) is 0 Å². The molecule has 4 rings (SSSR count). The van der Waals surface area contributed by atoms with Crippen LogP contribution < -0.4 is 15.1 Å². The molecule has 0 saturated carbocycles. The lowest BCUT2D eigenvalue weighted by atomic mass is 10.1. The summed E-state index contributed by atoms with van der Waals surface area (Å²) in [6.45, 7) is 8.71. The minimum Gasteiger partial charge on any atom is -0.369 e. The number of nitrogens with zero attached hydrogens (tertiary/aromatic N) is 3. The van der Waals surface area contributed by atoms with Gasteiger partial charge in [-0.25, -0.2) is 0 Å². The van der Waals surface area contributed by atoms with Crippen molar-refractivity contribution in [3.8, 4) is 0 Å². The zero-order chi connectivity index (χ0) is 22.0. The molecule has 2 aliphatic rings. The van der Waals surface area contributed by atoms with Crippen LogP contribution in [-0.4, -0.2) is 56.5 Å². The van der Waals surface area contributed by atoms with Crippen LogP contribution in [0.4, 0.5) is 17.1 Å². The topological polar surface area (TPSA) is 55.9 Å². The summed E-state index contributed by atoms with van der Waals surface area (Å²) < 4.78 is 0. The van der Waals surface area contributed by atoms with E-state index in [0.717, 1.165) is 49.5 Å². The SMILES string of the molecule is CCc1ccc(N2C[C@H](C(=O)Nc3ccc(N4CCN(C)CC4)cc3C)CC2=O)cc1. The van der Waals surface area contributed by atoms with E-state index in [1.165, 1.54) is 11.3 Å². The lowest BCUT2D eigenvalue weighted by Gasteiger charge is -2.34. The van der Waals surface area contributed by atoms with Gasteiger partial charge in [-0.1, -0.05) is 19.1 Å². The molecule has 2 aromatic rings. The molecule has 0 bridgehead atoms. The molecule has 31 heavy (non-hydrogen) atoms. The Labute approximate surface area is 184 Å². The van der Waals surface area contributed by atoms with Crippen molar-refractivity contribution >= 4 is 28.9 Å².